The number of carbonyl (C=O) groups excluding carboxylic acids is 1. The quantitative estimate of drug-likeness (QED) is 0.767. The molecule has 6 rings (SSSR count). The predicted octanol–water partition coefficient (Wildman–Crippen LogP) is 4.98. The average molecular weight is 409 g/mol. The van der Waals surface area contributed by atoms with Gasteiger partial charge in [0, 0.05) is 42.4 Å². The van der Waals surface area contributed by atoms with Crippen molar-refractivity contribution in [3.8, 4) is 0 Å². The molecular formula is C26H36N2O2. The zero-order chi connectivity index (χ0) is 20.6. The Labute approximate surface area is 180 Å². The van der Waals surface area contributed by atoms with E-state index in [0.717, 1.165) is 30.5 Å². The van der Waals surface area contributed by atoms with E-state index in [9.17, 15) is 9.90 Å². The summed E-state index contributed by atoms with van der Waals surface area (Å²) in [5.74, 6) is 1.55. The van der Waals surface area contributed by atoms with E-state index in [-0.39, 0.29) is 5.54 Å². The SMILES string of the molecule is CC1=C(C[C@]23CCC[C@H]4C[C@@H](C)C[C@H]([C@@H](CO)C2)N43)CC2CCC(=O)c3ccc1n32. The van der Waals surface area contributed by atoms with E-state index in [1.807, 2.05) is 0 Å². The lowest BCUT2D eigenvalue weighted by molar-refractivity contribution is -0.0383. The monoisotopic (exact) mass is 408 g/mol. The molecule has 5 aliphatic rings. The van der Waals surface area contributed by atoms with Gasteiger partial charge in [0.05, 0.1) is 5.69 Å². The number of nitrogens with zero attached hydrogens (tertiary/aromatic N) is 2. The van der Waals surface area contributed by atoms with Gasteiger partial charge in [-0.25, -0.2) is 0 Å². The molecular weight excluding hydrogens is 372 g/mol. The highest BCUT2D eigenvalue weighted by Crippen LogP contribution is 2.56. The summed E-state index contributed by atoms with van der Waals surface area (Å²) >= 11 is 0. The third kappa shape index (κ3) is 2.62. The van der Waals surface area contributed by atoms with Crippen LogP contribution in [0.3, 0.4) is 0 Å². The molecule has 0 amide bonds. The number of rotatable bonds is 3. The zero-order valence-electron chi connectivity index (χ0n) is 18.6. The van der Waals surface area contributed by atoms with Gasteiger partial charge in [-0.15, -0.1) is 0 Å². The molecule has 3 saturated heterocycles. The molecule has 1 N–H and O–H groups in total. The molecule has 1 unspecified atom stereocenters. The Morgan fingerprint density at radius 3 is 2.83 bits per heavy atom. The minimum Gasteiger partial charge on any atom is -0.396 e. The Kier molecular flexibility index (Phi) is 4.38. The summed E-state index contributed by atoms with van der Waals surface area (Å²) in [6.07, 6.45) is 11.7. The number of ketones is 1. The largest absolute Gasteiger partial charge is 0.396 e. The van der Waals surface area contributed by atoms with Gasteiger partial charge in [0.2, 0.25) is 0 Å². The Morgan fingerprint density at radius 1 is 1.17 bits per heavy atom. The van der Waals surface area contributed by atoms with Crippen LogP contribution in [0.25, 0.3) is 5.57 Å². The number of piperidine rings is 2. The van der Waals surface area contributed by atoms with Crippen LogP contribution in [-0.2, 0) is 0 Å². The zero-order valence-corrected chi connectivity index (χ0v) is 18.6. The molecule has 3 fully saturated rings. The standard InChI is InChI=1S/C26H36N2O2/c1-16-10-21-4-3-9-26(14-19(15-29)24(11-16)28(21)26)13-18-12-20-5-8-25(30)23-7-6-22(17(18)2)27(20)23/h6-7,16,19-21,24,29H,3-5,8-15H2,1-2H3/t16-,19-,20?,21+,24-,26-/m1/s1. The Morgan fingerprint density at radius 2 is 2.00 bits per heavy atom. The van der Waals surface area contributed by atoms with Crippen molar-refractivity contribution in [1.29, 1.82) is 0 Å². The number of carbonyl (C=O) groups is 1. The molecule has 0 bridgehead atoms. The first kappa shape index (κ1) is 19.3. The highest BCUT2D eigenvalue weighted by atomic mass is 16.3. The second kappa shape index (κ2) is 6.80. The fourth-order valence-corrected chi connectivity index (χ4v) is 8.30. The van der Waals surface area contributed by atoms with Crippen molar-refractivity contribution >= 4 is 11.4 Å². The average Bonchev–Trinajstić information content (AvgIpc) is 3.30. The highest BCUT2D eigenvalue weighted by Gasteiger charge is 2.57. The van der Waals surface area contributed by atoms with Gasteiger partial charge in [-0.1, -0.05) is 18.9 Å². The van der Waals surface area contributed by atoms with E-state index in [1.54, 1.807) is 5.57 Å². The molecule has 0 saturated carbocycles. The summed E-state index contributed by atoms with van der Waals surface area (Å²) in [5, 5.41) is 10.3. The van der Waals surface area contributed by atoms with Crippen molar-refractivity contribution in [2.75, 3.05) is 6.61 Å². The van der Waals surface area contributed by atoms with Gasteiger partial charge in [0.1, 0.15) is 0 Å². The van der Waals surface area contributed by atoms with E-state index in [1.165, 1.54) is 56.2 Å². The van der Waals surface area contributed by atoms with Gasteiger partial charge in [-0.3, -0.25) is 9.69 Å². The first-order valence-corrected chi connectivity index (χ1v) is 12.3. The van der Waals surface area contributed by atoms with Crippen molar-refractivity contribution in [1.82, 2.24) is 9.47 Å². The van der Waals surface area contributed by atoms with E-state index < -0.39 is 0 Å². The van der Waals surface area contributed by atoms with E-state index >= 15 is 0 Å². The first-order valence-electron chi connectivity index (χ1n) is 12.3. The van der Waals surface area contributed by atoms with Gasteiger partial charge >= 0.3 is 0 Å². The summed E-state index contributed by atoms with van der Waals surface area (Å²) in [6, 6.07) is 6.01. The fraction of sp³-hybridized carbons (Fsp3) is 0.731. The third-order valence-corrected chi connectivity index (χ3v) is 9.43. The molecule has 0 aliphatic carbocycles. The van der Waals surface area contributed by atoms with Crippen LogP contribution in [0.15, 0.2) is 17.7 Å². The van der Waals surface area contributed by atoms with E-state index in [2.05, 4.69) is 35.4 Å². The summed E-state index contributed by atoms with van der Waals surface area (Å²) in [4.78, 5) is 15.3. The van der Waals surface area contributed by atoms with Gasteiger partial charge < -0.3 is 9.67 Å². The summed E-state index contributed by atoms with van der Waals surface area (Å²) in [6.45, 7) is 5.06. The van der Waals surface area contributed by atoms with Crippen LogP contribution in [0.1, 0.15) is 100 Å². The number of hydrogen-bond donors (Lipinski definition) is 1. The molecule has 1 aromatic heterocycles. The number of allylic oxidation sites excluding steroid dienone is 1. The number of Topliss-reactive ketones (excluding diaryl/α,β-unsaturated/α-hetero) is 1. The van der Waals surface area contributed by atoms with Crippen LogP contribution >= 0.6 is 0 Å². The van der Waals surface area contributed by atoms with Crippen LogP contribution in [0.5, 0.6) is 0 Å². The van der Waals surface area contributed by atoms with E-state index in [4.69, 9.17) is 0 Å². The number of aliphatic hydroxyl groups excluding tert-OH is 1. The lowest BCUT2D eigenvalue weighted by Crippen LogP contribution is -2.59. The van der Waals surface area contributed by atoms with Crippen molar-refractivity contribution in [3.63, 3.8) is 0 Å². The maximum absolute atomic E-state index is 12.4. The normalized spacial score (nSPS) is 40.5. The molecule has 4 heteroatoms. The molecule has 4 nitrogen and oxygen atoms in total. The van der Waals surface area contributed by atoms with Gasteiger partial charge in [-0.05, 0) is 87.8 Å². The van der Waals surface area contributed by atoms with Crippen LogP contribution < -0.4 is 0 Å². The summed E-state index contributed by atoms with van der Waals surface area (Å²) in [5.41, 5.74) is 5.51. The maximum Gasteiger partial charge on any atom is 0.179 e. The van der Waals surface area contributed by atoms with Crippen LogP contribution in [0, 0.1) is 11.8 Å². The molecule has 30 heavy (non-hydrogen) atoms. The smallest absolute Gasteiger partial charge is 0.179 e. The lowest BCUT2D eigenvalue weighted by atomic mass is 9.73. The summed E-state index contributed by atoms with van der Waals surface area (Å²) in [7, 11) is 0. The molecule has 0 radical (unpaired) electrons. The molecule has 162 valence electrons. The molecule has 0 aromatic carbocycles. The third-order valence-electron chi connectivity index (χ3n) is 9.43. The predicted molar refractivity (Wildman–Crippen MR) is 118 cm³/mol. The fourth-order valence-electron chi connectivity index (χ4n) is 8.30. The second-order valence-electron chi connectivity index (χ2n) is 11.2. The van der Waals surface area contributed by atoms with Gasteiger partial charge in [0.15, 0.2) is 5.78 Å². The van der Waals surface area contributed by atoms with Gasteiger partial charge in [-0.2, -0.15) is 0 Å². The minimum atomic E-state index is 0.250. The number of hydrogen-bond acceptors (Lipinski definition) is 3. The maximum atomic E-state index is 12.4. The van der Waals surface area contributed by atoms with Crippen molar-refractivity contribution in [2.24, 2.45) is 11.8 Å². The first-order chi connectivity index (χ1) is 14.5. The molecule has 1 aromatic rings. The second-order valence-corrected chi connectivity index (χ2v) is 11.2. The summed E-state index contributed by atoms with van der Waals surface area (Å²) < 4.78 is 2.35. The molecule has 5 aliphatic heterocycles. The molecule has 6 heterocycles. The van der Waals surface area contributed by atoms with Crippen LogP contribution in [-0.4, -0.2) is 44.6 Å². The van der Waals surface area contributed by atoms with Crippen molar-refractivity contribution in [2.45, 2.75) is 102 Å². The van der Waals surface area contributed by atoms with Crippen molar-refractivity contribution < 1.29 is 9.90 Å². The van der Waals surface area contributed by atoms with Crippen LogP contribution in [0.2, 0.25) is 0 Å². The topological polar surface area (TPSA) is 45.5 Å². The van der Waals surface area contributed by atoms with Crippen LogP contribution in [0.4, 0.5) is 0 Å². The minimum absolute atomic E-state index is 0.250. The van der Waals surface area contributed by atoms with Gasteiger partial charge in [0.25, 0.3) is 0 Å². The molecule has 6 atom stereocenters. The van der Waals surface area contributed by atoms with Crippen molar-refractivity contribution in [3.05, 3.63) is 29.1 Å². The Hall–Kier alpha value is -1.39. The highest BCUT2D eigenvalue weighted by molar-refractivity contribution is 5.96. The molecule has 0 spiro atoms. The number of aromatic nitrogens is 1. The lowest BCUT2D eigenvalue weighted by Gasteiger charge is -2.54. The number of aliphatic hydroxyl groups is 1. The Bertz CT molecular complexity index is 914. The van der Waals surface area contributed by atoms with E-state index in [0.29, 0.717) is 36.8 Å². The Balaban J connectivity index is 1.38.